The van der Waals surface area contributed by atoms with E-state index in [2.05, 4.69) is 42.7 Å². The molecule has 2 atom stereocenters. The Bertz CT molecular complexity index is 1440. The molecular weight excluding hydrogens is 496 g/mol. The predicted molar refractivity (Wildman–Crippen MR) is 137 cm³/mol. The second-order valence-corrected chi connectivity index (χ2v) is 9.65. The van der Waals surface area contributed by atoms with Gasteiger partial charge in [-0.1, -0.05) is 11.6 Å². The first-order valence-electron chi connectivity index (χ1n) is 11.9. The summed E-state index contributed by atoms with van der Waals surface area (Å²) in [6.07, 6.45) is 3.13. The van der Waals surface area contributed by atoms with Crippen LogP contribution in [0.25, 0.3) is 5.65 Å². The van der Waals surface area contributed by atoms with E-state index in [0.717, 1.165) is 12.8 Å². The number of carbonyl (C=O) groups is 1. The number of anilines is 4. The zero-order valence-electron chi connectivity index (χ0n) is 20.6. The quantitative estimate of drug-likeness (QED) is 0.512. The zero-order chi connectivity index (χ0) is 26.3. The first-order chi connectivity index (χ1) is 17.8. The smallest absolute Gasteiger partial charge is 0.410 e. The van der Waals surface area contributed by atoms with Crippen molar-refractivity contribution in [3.63, 3.8) is 0 Å². The molecule has 0 radical (unpaired) electrons. The Kier molecular flexibility index (Phi) is 6.36. The van der Waals surface area contributed by atoms with E-state index in [1.54, 1.807) is 17.0 Å². The summed E-state index contributed by atoms with van der Waals surface area (Å²) in [6, 6.07) is 7.68. The molecule has 1 aromatic carbocycles. The van der Waals surface area contributed by atoms with Gasteiger partial charge in [0.1, 0.15) is 11.6 Å². The number of hydrogen-bond acceptors (Lipinski definition) is 10. The normalized spacial score (nSPS) is 19.3. The first-order valence-corrected chi connectivity index (χ1v) is 12.2. The van der Waals surface area contributed by atoms with Crippen molar-refractivity contribution in [1.29, 1.82) is 10.5 Å². The highest BCUT2D eigenvalue weighted by Crippen LogP contribution is 2.37. The predicted octanol–water partition coefficient (Wildman–Crippen LogP) is 3.50. The fraction of sp³-hybridized carbons (Fsp3) is 0.417. The zero-order valence-corrected chi connectivity index (χ0v) is 21.3. The van der Waals surface area contributed by atoms with Crippen molar-refractivity contribution in [3.05, 3.63) is 34.5 Å². The number of carbonyl (C=O) groups excluding carboxylic acids is 1. The molecule has 3 heterocycles. The van der Waals surface area contributed by atoms with Gasteiger partial charge in [-0.2, -0.15) is 30.1 Å². The van der Waals surface area contributed by atoms with Gasteiger partial charge in [0.15, 0.2) is 5.65 Å². The standard InChI is InChI=1S/C24H25ClN10O2/c1-13-11-33(12-14(2)34(13)24(36)37-3)19-7-15(8-26)6-18(20(19)25)30-22-31-21-16(9-27)10-28-35(21)23(32-22)29-17-4-5-17/h6-7,10,13-14,17H,4-5,11-12H2,1-3H3,(H2,29,30,31,32)/t13-,14-/m1/s1. The van der Waals surface area contributed by atoms with Crippen LogP contribution in [0.2, 0.25) is 5.02 Å². The van der Waals surface area contributed by atoms with Crippen LogP contribution in [0.3, 0.4) is 0 Å². The van der Waals surface area contributed by atoms with Crippen LogP contribution in [0.15, 0.2) is 18.3 Å². The Hall–Kier alpha value is -4.29. The number of hydrogen-bond donors (Lipinski definition) is 2. The Morgan fingerprint density at radius 2 is 1.89 bits per heavy atom. The minimum absolute atomic E-state index is 0.137. The number of amides is 1. The van der Waals surface area contributed by atoms with Crippen molar-refractivity contribution >= 4 is 46.6 Å². The lowest BCUT2D eigenvalue weighted by Gasteiger charge is -2.44. The van der Waals surface area contributed by atoms with Crippen LogP contribution >= 0.6 is 11.6 Å². The third-order valence-corrected chi connectivity index (χ3v) is 6.87. The van der Waals surface area contributed by atoms with Crippen LogP contribution in [-0.4, -0.2) is 68.9 Å². The van der Waals surface area contributed by atoms with E-state index in [1.165, 1.54) is 17.8 Å². The van der Waals surface area contributed by atoms with Crippen molar-refractivity contribution in [3.8, 4) is 12.1 Å². The minimum atomic E-state index is -0.376. The summed E-state index contributed by atoms with van der Waals surface area (Å²) < 4.78 is 6.44. The number of aromatic nitrogens is 4. The van der Waals surface area contributed by atoms with Crippen LogP contribution in [0, 0.1) is 22.7 Å². The number of ether oxygens (including phenoxy) is 1. The lowest BCUT2D eigenvalue weighted by Crippen LogP contribution is -2.58. The lowest BCUT2D eigenvalue weighted by atomic mass is 10.1. The molecule has 0 spiro atoms. The maximum absolute atomic E-state index is 12.2. The van der Waals surface area contributed by atoms with Crippen LogP contribution < -0.4 is 15.5 Å². The summed E-state index contributed by atoms with van der Waals surface area (Å²) in [6.45, 7) is 4.90. The largest absolute Gasteiger partial charge is 0.453 e. The second-order valence-electron chi connectivity index (χ2n) is 9.27. The lowest BCUT2D eigenvalue weighted by molar-refractivity contribution is 0.0820. The summed E-state index contributed by atoms with van der Waals surface area (Å²) >= 11 is 6.87. The van der Waals surface area contributed by atoms with Crippen molar-refractivity contribution in [1.82, 2.24) is 24.5 Å². The van der Waals surface area contributed by atoms with Crippen molar-refractivity contribution in [2.24, 2.45) is 0 Å². The van der Waals surface area contributed by atoms with Gasteiger partial charge < -0.3 is 20.3 Å². The molecule has 3 aromatic rings. The number of benzene rings is 1. The highest BCUT2D eigenvalue weighted by Gasteiger charge is 2.34. The third-order valence-electron chi connectivity index (χ3n) is 6.47. The molecule has 1 saturated carbocycles. The number of rotatable bonds is 5. The molecule has 37 heavy (non-hydrogen) atoms. The minimum Gasteiger partial charge on any atom is -0.453 e. The molecule has 2 aliphatic rings. The number of piperazine rings is 1. The summed E-state index contributed by atoms with van der Waals surface area (Å²) in [4.78, 5) is 25.1. The van der Waals surface area contributed by atoms with Gasteiger partial charge in [-0.15, -0.1) is 0 Å². The fourth-order valence-electron chi connectivity index (χ4n) is 4.62. The fourth-order valence-corrected chi connectivity index (χ4v) is 4.89. The van der Waals surface area contributed by atoms with Gasteiger partial charge >= 0.3 is 6.09 Å². The molecule has 5 rings (SSSR count). The van der Waals surface area contributed by atoms with E-state index in [0.29, 0.717) is 58.3 Å². The molecule has 1 aliphatic heterocycles. The molecule has 2 fully saturated rings. The first kappa shape index (κ1) is 24.4. The number of methoxy groups -OCH3 is 1. The molecule has 12 nitrogen and oxygen atoms in total. The van der Waals surface area contributed by atoms with Gasteiger partial charge in [-0.3, -0.25) is 4.90 Å². The van der Waals surface area contributed by atoms with E-state index in [1.807, 2.05) is 13.8 Å². The van der Waals surface area contributed by atoms with Crippen molar-refractivity contribution in [2.75, 3.05) is 35.7 Å². The Morgan fingerprint density at radius 1 is 1.16 bits per heavy atom. The van der Waals surface area contributed by atoms with E-state index < -0.39 is 0 Å². The average Bonchev–Trinajstić information content (AvgIpc) is 3.60. The average molecular weight is 521 g/mol. The number of nitriles is 2. The number of nitrogens with zero attached hydrogens (tertiary/aromatic N) is 8. The van der Waals surface area contributed by atoms with Gasteiger partial charge in [0.25, 0.3) is 0 Å². The van der Waals surface area contributed by atoms with E-state index in [9.17, 15) is 15.3 Å². The van der Waals surface area contributed by atoms with Crippen LogP contribution in [-0.2, 0) is 4.74 Å². The molecule has 1 aliphatic carbocycles. The topological polar surface area (TPSA) is 148 Å². The Balaban J connectivity index is 1.50. The monoisotopic (exact) mass is 520 g/mol. The number of fused-ring (bicyclic) bond motifs is 1. The maximum atomic E-state index is 12.2. The second kappa shape index (κ2) is 9.64. The van der Waals surface area contributed by atoms with Gasteiger partial charge in [-0.25, -0.2) is 4.79 Å². The number of halogens is 1. The molecule has 0 bridgehead atoms. The van der Waals surface area contributed by atoms with Crippen LogP contribution in [0.1, 0.15) is 37.8 Å². The molecule has 2 aromatic heterocycles. The van der Waals surface area contributed by atoms with Gasteiger partial charge in [0, 0.05) is 19.1 Å². The van der Waals surface area contributed by atoms with Crippen LogP contribution in [0.4, 0.5) is 28.1 Å². The number of nitrogens with one attached hydrogen (secondary N) is 2. The molecular formula is C24H25ClN10O2. The highest BCUT2D eigenvalue weighted by molar-refractivity contribution is 6.36. The molecule has 1 saturated heterocycles. The van der Waals surface area contributed by atoms with E-state index >= 15 is 0 Å². The van der Waals surface area contributed by atoms with E-state index in [-0.39, 0.29) is 24.1 Å². The Morgan fingerprint density at radius 3 is 2.51 bits per heavy atom. The van der Waals surface area contributed by atoms with E-state index in [4.69, 9.17) is 16.3 Å². The Labute approximate surface area is 218 Å². The highest BCUT2D eigenvalue weighted by atomic mass is 35.5. The molecule has 190 valence electrons. The van der Waals surface area contributed by atoms with Crippen LogP contribution in [0.5, 0.6) is 0 Å². The maximum Gasteiger partial charge on any atom is 0.410 e. The van der Waals surface area contributed by atoms with Crippen molar-refractivity contribution in [2.45, 2.75) is 44.8 Å². The van der Waals surface area contributed by atoms with Gasteiger partial charge in [-0.05, 0) is 38.8 Å². The molecule has 13 heteroatoms. The SMILES string of the molecule is COC(=O)N1[C@H](C)CN(c2cc(C#N)cc(Nc3nc(NC4CC4)n4ncc(C#N)c4n3)c2Cl)C[C@H]1C. The molecule has 1 amide bonds. The summed E-state index contributed by atoms with van der Waals surface area (Å²) in [5, 5.41) is 30.3. The van der Waals surface area contributed by atoms with Gasteiger partial charge in [0.2, 0.25) is 11.9 Å². The van der Waals surface area contributed by atoms with Gasteiger partial charge in [0.05, 0.1) is 53.4 Å². The molecule has 2 N–H and O–H groups in total. The summed E-state index contributed by atoms with van der Waals surface area (Å²) in [5.41, 5.74) is 2.18. The third kappa shape index (κ3) is 4.63. The molecule has 0 unspecified atom stereocenters. The summed E-state index contributed by atoms with van der Waals surface area (Å²) in [5.74, 6) is 0.679. The van der Waals surface area contributed by atoms with Crippen molar-refractivity contribution < 1.29 is 9.53 Å². The summed E-state index contributed by atoms with van der Waals surface area (Å²) in [7, 11) is 1.37.